The minimum atomic E-state index is -0.0582. The fourth-order valence-corrected chi connectivity index (χ4v) is 1.55. The Morgan fingerprint density at radius 3 is 2.56 bits per heavy atom. The fourth-order valence-electron chi connectivity index (χ4n) is 1.31. The molecule has 0 saturated carbocycles. The lowest BCUT2D eigenvalue weighted by atomic mass is 10.2. The summed E-state index contributed by atoms with van der Waals surface area (Å²) < 4.78 is 6.78. The van der Waals surface area contributed by atoms with E-state index in [1.807, 2.05) is 0 Å². The summed E-state index contributed by atoms with van der Waals surface area (Å²) in [5.74, 6) is 0. The average Bonchev–Trinajstić information content (AvgIpc) is 2.17. The first-order valence-electron chi connectivity index (χ1n) is 5.52. The molecule has 0 unspecified atom stereocenters. The van der Waals surface area contributed by atoms with Gasteiger partial charge in [0.05, 0.1) is 12.2 Å². The standard InChI is InChI=1S/C13H20BrNO/c1-10-9-11(5-6-12(10)14)15-7-8-16-13(2,3)4/h5-6,9,15H,7-8H2,1-4H3. The van der Waals surface area contributed by atoms with Crippen molar-refractivity contribution >= 4 is 21.6 Å². The third kappa shape index (κ3) is 4.99. The Morgan fingerprint density at radius 1 is 1.31 bits per heavy atom. The van der Waals surface area contributed by atoms with Crippen LogP contribution >= 0.6 is 15.9 Å². The Labute approximate surface area is 107 Å². The second-order valence-electron chi connectivity index (χ2n) is 4.85. The zero-order chi connectivity index (χ0) is 12.2. The van der Waals surface area contributed by atoms with E-state index in [0.717, 1.165) is 23.3 Å². The maximum Gasteiger partial charge on any atom is 0.0646 e. The van der Waals surface area contributed by atoms with Gasteiger partial charge in [-0.3, -0.25) is 0 Å². The normalized spacial score (nSPS) is 11.6. The Morgan fingerprint density at radius 2 is 2.00 bits per heavy atom. The quantitative estimate of drug-likeness (QED) is 0.845. The zero-order valence-corrected chi connectivity index (χ0v) is 12.0. The molecule has 0 fully saturated rings. The van der Waals surface area contributed by atoms with Crippen molar-refractivity contribution in [2.45, 2.75) is 33.3 Å². The van der Waals surface area contributed by atoms with E-state index in [1.54, 1.807) is 0 Å². The number of halogens is 1. The van der Waals surface area contributed by atoms with Crippen LogP contribution in [-0.4, -0.2) is 18.8 Å². The van der Waals surface area contributed by atoms with Crippen LogP contribution in [0, 0.1) is 6.92 Å². The molecule has 1 N–H and O–H groups in total. The lowest BCUT2D eigenvalue weighted by Gasteiger charge is -2.19. The van der Waals surface area contributed by atoms with Crippen LogP contribution in [0.2, 0.25) is 0 Å². The highest BCUT2D eigenvalue weighted by atomic mass is 79.9. The van der Waals surface area contributed by atoms with Crippen LogP contribution in [0.5, 0.6) is 0 Å². The summed E-state index contributed by atoms with van der Waals surface area (Å²) in [6, 6.07) is 6.25. The predicted molar refractivity (Wildman–Crippen MR) is 73.1 cm³/mol. The molecule has 0 bridgehead atoms. The summed E-state index contributed by atoms with van der Waals surface area (Å²) in [5.41, 5.74) is 2.32. The third-order valence-corrected chi connectivity index (χ3v) is 3.01. The number of anilines is 1. The maximum absolute atomic E-state index is 5.63. The number of hydrogen-bond donors (Lipinski definition) is 1. The minimum Gasteiger partial charge on any atom is -0.383 e. The zero-order valence-electron chi connectivity index (χ0n) is 10.4. The second kappa shape index (κ2) is 5.69. The fraction of sp³-hybridized carbons (Fsp3) is 0.538. The van der Waals surface area contributed by atoms with E-state index in [4.69, 9.17) is 4.74 Å². The molecule has 0 aliphatic heterocycles. The molecule has 0 heterocycles. The van der Waals surface area contributed by atoms with Crippen molar-refractivity contribution in [2.24, 2.45) is 0 Å². The summed E-state index contributed by atoms with van der Waals surface area (Å²) in [4.78, 5) is 0. The largest absolute Gasteiger partial charge is 0.383 e. The number of rotatable bonds is 4. The number of benzene rings is 1. The van der Waals surface area contributed by atoms with Crippen molar-refractivity contribution in [3.8, 4) is 0 Å². The van der Waals surface area contributed by atoms with E-state index in [1.165, 1.54) is 5.56 Å². The first-order valence-corrected chi connectivity index (χ1v) is 6.32. The molecular weight excluding hydrogens is 266 g/mol. The molecule has 90 valence electrons. The van der Waals surface area contributed by atoms with E-state index in [-0.39, 0.29) is 5.60 Å². The SMILES string of the molecule is Cc1cc(NCCOC(C)(C)C)ccc1Br. The van der Waals surface area contributed by atoms with Gasteiger partial charge in [0.2, 0.25) is 0 Å². The van der Waals surface area contributed by atoms with Crippen LogP contribution < -0.4 is 5.32 Å². The van der Waals surface area contributed by atoms with Gasteiger partial charge in [-0.05, 0) is 51.5 Å². The third-order valence-electron chi connectivity index (χ3n) is 2.12. The molecule has 16 heavy (non-hydrogen) atoms. The van der Waals surface area contributed by atoms with Gasteiger partial charge in [-0.1, -0.05) is 15.9 Å². The van der Waals surface area contributed by atoms with Gasteiger partial charge >= 0.3 is 0 Å². The lowest BCUT2D eigenvalue weighted by molar-refractivity contribution is 0.00333. The molecule has 1 rings (SSSR count). The van der Waals surface area contributed by atoms with Crippen LogP contribution in [0.15, 0.2) is 22.7 Å². The van der Waals surface area contributed by atoms with Crippen molar-refractivity contribution in [1.29, 1.82) is 0 Å². The Hall–Kier alpha value is -0.540. The van der Waals surface area contributed by atoms with Gasteiger partial charge in [0.1, 0.15) is 0 Å². The van der Waals surface area contributed by atoms with E-state index in [2.05, 4.69) is 67.1 Å². The first kappa shape index (κ1) is 13.5. The van der Waals surface area contributed by atoms with Gasteiger partial charge in [-0.15, -0.1) is 0 Å². The van der Waals surface area contributed by atoms with Gasteiger partial charge in [0.15, 0.2) is 0 Å². The van der Waals surface area contributed by atoms with Crippen molar-refractivity contribution < 1.29 is 4.74 Å². The van der Waals surface area contributed by atoms with Gasteiger partial charge in [-0.2, -0.15) is 0 Å². The monoisotopic (exact) mass is 285 g/mol. The van der Waals surface area contributed by atoms with Gasteiger partial charge in [0.25, 0.3) is 0 Å². The summed E-state index contributed by atoms with van der Waals surface area (Å²) in [6.45, 7) is 9.84. The highest BCUT2D eigenvalue weighted by Crippen LogP contribution is 2.19. The molecule has 0 aliphatic carbocycles. The molecule has 0 spiro atoms. The molecule has 1 aromatic carbocycles. The van der Waals surface area contributed by atoms with E-state index < -0.39 is 0 Å². The molecule has 1 aromatic rings. The van der Waals surface area contributed by atoms with Gasteiger partial charge in [-0.25, -0.2) is 0 Å². The second-order valence-corrected chi connectivity index (χ2v) is 5.71. The summed E-state index contributed by atoms with van der Waals surface area (Å²) >= 11 is 3.48. The van der Waals surface area contributed by atoms with Crippen LogP contribution in [0.1, 0.15) is 26.3 Å². The number of ether oxygens (including phenoxy) is 1. The molecule has 0 atom stereocenters. The van der Waals surface area contributed by atoms with E-state index >= 15 is 0 Å². The maximum atomic E-state index is 5.63. The number of hydrogen-bond acceptors (Lipinski definition) is 2. The molecule has 0 aliphatic rings. The van der Waals surface area contributed by atoms with Crippen LogP contribution in [0.4, 0.5) is 5.69 Å². The first-order chi connectivity index (χ1) is 7.38. The van der Waals surface area contributed by atoms with E-state index in [0.29, 0.717) is 0 Å². The number of nitrogens with one attached hydrogen (secondary N) is 1. The summed E-state index contributed by atoms with van der Waals surface area (Å²) in [6.07, 6.45) is 0. The smallest absolute Gasteiger partial charge is 0.0646 e. The summed E-state index contributed by atoms with van der Waals surface area (Å²) in [5, 5.41) is 3.34. The molecule has 2 nitrogen and oxygen atoms in total. The molecule has 0 saturated heterocycles. The molecular formula is C13H20BrNO. The highest BCUT2D eigenvalue weighted by Gasteiger charge is 2.08. The minimum absolute atomic E-state index is 0.0582. The molecule has 0 amide bonds. The van der Waals surface area contributed by atoms with Crippen molar-refractivity contribution in [3.05, 3.63) is 28.2 Å². The van der Waals surface area contributed by atoms with Crippen LogP contribution in [-0.2, 0) is 4.74 Å². The Bertz CT molecular complexity index is 344. The number of aryl methyl sites for hydroxylation is 1. The topological polar surface area (TPSA) is 21.3 Å². The molecule has 0 radical (unpaired) electrons. The Balaban J connectivity index is 2.35. The highest BCUT2D eigenvalue weighted by molar-refractivity contribution is 9.10. The Kier molecular flexibility index (Phi) is 4.81. The van der Waals surface area contributed by atoms with Crippen molar-refractivity contribution in [2.75, 3.05) is 18.5 Å². The van der Waals surface area contributed by atoms with Gasteiger partial charge < -0.3 is 10.1 Å². The van der Waals surface area contributed by atoms with Crippen molar-refractivity contribution in [3.63, 3.8) is 0 Å². The lowest BCUT2D eigenvalue weighted by Crippen LogP contribution is -2.23. The summed E-state index contributed by atoms with van der Waals surface area (Å²) in [7, 11) is 0. The van der Waals surface area contributed by atoms with Crippen LogP contribution in [0.3, 0.4) is 0 Å². The van der Waals surface area contributed by atoms with Crippen LogP contribution in [0.25, 0.3) is 0 Å². The van der Waals surface area contributed by atoms with Gasteiger partial charge in [0, 0.05) is 16.7 Å². The molecule has 3 heteroatoms. The average molecular weight is 286 g/mol. The van der Waals surface area contributed by atoms with E-state index in [9.17, 15) is 0 Å². The van der Waals surface area contributed by atoms with Crippen molar-refractivity contribution in [1.82, 2.24) is 0 Å². The predicted octanol–water partition coefficient (Wildman–Crippen LogP) is 3.98. The molecule has 0 aromatic heterocycles.